The van der Waals surface area contributed by atoms with Crippen molar-refractivity contribution in [2.75, 3.05) is 32.7 Å². The Balaban J connectivity index is 1.10. The number of carbonyl (C=O) groups is 1. The summed E-state index contributed by atoms with van der Waals surface area (Å²) in [7, 11) is 0. The number of benzene rings is 3. The number of carboxylic acid groups (broad SMARTS) is 1. The fourth-order valence-corrected chi connectivity index (χ4v) is 7.10. The van der Waals surface area contributed by atoms with Crippen LogP contribution in [0.1, 0.15) is 66.2 Å². The average Bonchev–Trinajstić information content (AvgIpc) is 3.70. The van der Waals surface area contributed by atoms with E-state index in [1.807, 2.05) is 6.07 Å². The Bertz CT molecular complexity index is 1290. The molecular formula is C35H41FN2O2. The number of rotatable bonds is 10. The number of likely N-dealkylation sites (tertiary alicyclic amines) is 2. The van der Waals surface area contributed by atoms with Gasteiger partial charge in [-0.1, -0.05) is 79.6 Å². The Kier molecular flexibility index (Phi) is 8.31. The van der Waals surface area contributed by atoms with Crippen LogP contribution in [0.4, 0.5) is 4.39 Å². The molecule has 3 aliphatic rings. The smallest absolute Gasteiger partial charge is 0.320 e. The van der Waals surface area contributed by atoms with Crippen molar-refractivity contribution in [2.24, 2.45) is 11.8 Å². The lowest BCUT2D eigenvalue weighted by atomic mass is 9.85. The average molecular weight is 541 g/mol. The SMILES string of the molecule is O=C(O)[C@@H](CC1CC1)N1C[C@H](CN2CCC(c3cccc(Cc4ccccc4)c3)CC2)[C@@H](c2cccc(F)c2)C1. The minimum absolute atomic E-state index is 0.157. The van der Waals surface area contributed by atoms with Gasteiger partial charge in [-0.05, 0) is 90.9 Å². The van der Waals surface area contributed by atoms with Crippen molar-refractivity contribution in [2.45, 2.75) is 56.4 Å². The number of aliphatic carboxylic acids is 1. The normalized spacial score (nSPS) is 23.3. The first-order chi connectivity index (χ1) is 19.5. The lowest BCUT2D eigenvalue weighted by Gasteiger charge is -2.35. The maximum absolute atomic E-state index is 14.2. The molecule has 2 aliphatic heterocycles. The Morgan fingerprint density at radius 2 is 1.57 bits per heavy atom. The van der Waals surface area contributed by atoms with E-state index in [9.17, 15) is 14.3 Å². The summed E-state index contributed by atoms with van der Waals surface area (Å²) in [5.41, 5.74) is 5.17. The molecule has 2 heterocycles. The third kappa shape index (κ3) is 6.64. The van der Waals surface area contributed by atoms with Crippen LogP contribution in [0, 0.1) is 17.7 Å². The summed E-state index contributed by atoms with van der Waals surface area (Å²) >= 11 is 0. The molecule has 0 bridgehead atoms. The fraction of sp³-hybridized carbons (Fsp3) is 0.457. The number of carboxylic acids is 1. The van der Waals surface area contributed by atoms with Gasteiger partial charge in [0, 0.05) is 25.6 Å². The minimum Gasteiger partial charge on any atom is -0.480 e. The van der Waals surface area contributed by atoms with Crippen LogP contribution >= 0.6 is 0 Å². The predicted octanol–water partition coefficient (Wildman–Crippen LogP) is 6.56. The van der Waals surface area contributed by atoms with Crippen molar-refractivity contribution in [3.63, 3.8) is 0 Å². The van der Waals surface area contributed by atoms with E-state index in [0.29, 0.717) is 24.3 Å². The van der Waals surface area contributed by atoms with E-state index in [-0.39, 0.29) is 11.7 Å². The van der Waals surface area contributed by atoms with Crippen LogP contribution in [0.5, 0.6) is 0 Å². The summed E-state index contributed by atoms with van der Waals surface area (Å²) in [6, 6.07) is 26.3. The standard InChI is InChI=1S/C35H41FN2O2/c36-32-11-5-10-30(21-32)33-24-38(34(35(39)40)20-26-12-13-26)23-31(33)22-37-16-14-28(15-17-37)29-9-4-8-27(19-29)18-25-6-2-1-3-7-25/h1-11,19,21,26,28,31,33-34H,12-18,20,22-24H2,(H,39,40)/t31-,33+,34+/m0/s1. The maximum Gasteiger partial charge on any atom is 0.320 e. The van der Waals surface area contributed by atoms with E-state index in [4.69, 9.17) is 0 Å². The number of halogens is 1. The molecular weight excluding hydrogens is 499 g/mol. The van der Waals surface area contributed by atoms with Gasteiger partial charge in [-0.25, -0.2) is 4.39 Å². The maximum atomic E-state index is 14.2. The monoisotopic (exact) mass is 540 g/mol. The second-order valence-corrected chi connectivity index (χ2v) is 12.4. The first kappa shape index (κ1) is 27.2. The third-order valence-corrected chi connectivity index (χ3v) is 9.48. The molecule has 1 saturated carbocycles. The molecule has 3 aromatic rings. The van der Waals surface area contributed by atoms with Crippen molar-refractivity contribution in [1.82, 2.24) is 9.80 Å². The molecule has 210 valence electrons. The lowest BCUT2D eigenvalue weighted by molar-refractivity contribution is -0.143. The lowest BCUT2D eigenvalue weighted by Crippen LogP contribution is -2.41. The van der Waals surface area contributed by atoms with Gasteiger partial charge < -0.3 is 10.0 Å². The highest BCUT2D eigenvalue weighted by molar-refractivity contribution is 5.73. The Hall–Kier alpha value is -3.02. The molecule has 5 heteroatoms. The Morgan fingerprint density at radius 1 is 0.850 bits per heavy atom. The van der Waals surface area contributed by atoms with Crippen molar-refractivity contribution >= 4 is 5.97 Å². The van der Waals surface area contributed by atoms with E-state index < -0.39 is 12.0 Å². The molecule has 3 aromatic carbocycles. The fourth-order valence-electron chi connectivity index (χ4n) is 7.10. The van der Waals surface area contributed by atoms with E-state index in [1.165, 1.54) is 22.8 Å². The molecule has 1 N–H and O–H groups in total. The van der Waals surface area contributed by atoms with Gasteiger partial charge in [0.2, 0.25) is 0 Å². The molecule has 40 heavy (non-hydrogen) atoms. The van der Waals surface area contributed by atoms with E-state index >= 15 is 0 Å². The van der Waals surface area contributed by atoms with Crippen LogP contribution in [0.25, 0.3) is 0 Å². The van der Waals surface area contributed by atoms with Crippen LogP contribution in [0.3, 0.4) is 0 Å². The van der Waals surface area contributed by atoms with Crippen molar-refractivity contribution in [1.29, 1.82) is 0 Å². The molecule has 3 fully saturated rings. The molecule has 1 aliphatic carbocycles. The van der Waals surface area contributed by atoms with Gasteiger partial charge in [0.25, 0.3) is 0 Å². The predicted molar refractivity (Wildman–Crippen MR) is 157 cm³/mol. The first-order valence-electron chi connectivity index (χ1n) is 15.1. The third-order valence-electron chi connectivity index (χ3n) is 9.48. The second kappa shape index (κ2) is 12.2. The molecule has 0 unspecified atom stereocenters. The van der Waals surface area contributed by atoms with E-state index in [0.717, 1.165) is 70.3 Å². The molecule has 0 amide bonds. The summed E-state index contributed by atoms with van der Waals surface area (Å²) in [5.74, 6) is 0.662. The molecule has 3 atom stereocenters. The topological polar surface area (TPSA) is 43.8 Å². The van der Waals surface area contributed by atoms with Gasteiger partial charge in [0.05, 0.1) is 0 Å². The van der Waals surface area contributed by atoms with Crippen LogP contribution in [-0.4, -0.2) is 59.6 Å². The number of nitrogens with zero attached hydrogens (tertiary/aromatic N) is 2. The second-order valence-electron chi connectivity index (χ2n) is 12.4. The van der Waals surface area contributed by atoms with Crippen LogP contribution in [0.15, 0.2) is 78.9 Å². The molecule has 2 saturated heterocycles. The minimum atomic E-state index is -0.708. The Labute approximate surface area is 237 Å². The van der Waals surface area contributed by atoms with Gasteiger partial charge >= 0.3 is 5.97 Å². The zero-order valence-electron chi connectivity index (χ0n) is 23.3. The van der Waals surface area contributed by atoms with Gasteiger partial charge in [-0.15, -0.1) is 0 Å². The number of piperidine rings is 1. The number of hydrogen-bond acceptors (Lipinski definition) is 3. The van der Waals surface area contributed by atoms with Crippen molar-refractivity contribution in [3.8, 4) is 0 Å². The van der Waals surface area contributed by atoms with E-state index in [2.05, 4.69) is 64.4 Å². The summed E-state index contributed by atoms with van der Waals surface area (Å²) in [6.45, 7) is 4.50. The molecule has 0 radical (unpaired) electrons. The van der Waals surface area contributed by atoms with Crippen LogP contribution in [0.2, 0.25) is 0 Å². The Morgan fingerprint density at radius 3 is 2.30 bits per heavy atom. The quantitative estimate of drug-likeness (QED) is 0.316. The highest BCUT2D eigenvalue weighted by Gasteiger charge is 2.42. The highest BCUT2D eigenvalue weighted by atomic mass is 19.1. The summed E-state index contributed by atoms with van der Waals surface area (Å²) < 4.78 is 14.2. The zero-order valence-corrected chi connectivity index (χ0v) is 23.3. The highest BCUT2D eigenvalue weighted by Crippen LogP contribution is 2.40. The van der Waals surface area contributed by atoms with Gasteiger partial charge in [-0.2, -0.15) is 0 Å². The van der Waals surface area contributed by atoms with Crippen molar-refractivity contribution < 1.29 is 14.3 Å². The van der Waals surface area contributed by atoms with E-state index in [1.54, 1.807) is 12.1 Å². The largest absolute Gasteiger partial charge is 0.480 e. The number of hydrogen-bond donors (Lipinski definition) is 1. The molecule has 0 spiro atoms. The molecule has 0 aromatic heterocycles. The van der Waals surface area contributed by atoms with Gasteiger partial charge in [0.1, 0.15) is 11.9 Å². The summed E-state index contributed by atoms with van der Waals surface area (Å²) in [4.78, 5) is 17.0. The zero-order chi connectivity index (χ0) is 27.5. The summed E-state index contributed by atoms with van der Waals surface area (Å²) in [6.07, 6.45) is 6.28. The van der Waals surface area contributed by atoms with Crippen LogP contribution in [-0.2, 0) is 11.2 Å². The van der Waals surface area contributed by atoms with Gasteiger partial charge in [-0.3, -0.25) is 9.69 Å². The molecule has 4 nitrogen and oxygen atoms in total. The summed E-state index contributed by atoms with van der Waals surface area (Å²) in [5, 5.41) is 10.0. The molecule has 6 rings (SSSR count). The van der Waals surface area contributed by atoms with Crippen LogP contribution < -0.4 is 0 Å². The van der Waals surface area contributed by atoms with Gasteiger partial charge in [0.15, 0.2) is 0 Å². The van der Waals surface area contributed by atoms with Crippen molar-refractivity contribution in [3.05, 3.63) is 107 Å². The first-order valence-corrected chi connectivity index (χ1v) is 15.1.